The van der Waals surface area contributed by atoms with E-state index < -0.39 is 0 Å². The van der Waals surface area contributed by atoms with Crippen LogP contribution in [-0.2, 0) is 0 Å². The highest BCUT2D eigenvalue weighted by Gasteiger charge is 2.32. The van der Waals surface area contributed by atoms with Crippen molar-refractivity contribution in [2.75, 3.05) is 19.0 Å². The minimum absolute atomic E-state index is 0.188. The van der Waals surface area contributed by atoms with Crippen LogP contribution >= 0.6 is 0 Å². The summed E-state index contributed by atoms with van der Waals surface area (Å²) in [5.74, 6) is 0.576. The Morgan fingerprint density at radius 1 is 1.06 bits per heavy atom. The van der Waals surface area contributed by atoms with Crippen molar-refractivity contribution in [3.05, 3.63) is 71.3 Å². The number of carbonyl (C=O) groups is 2. The van der Waals surface area contributed by atoms with E-state index in [0.717, 1.165) is 25.0 Å². The fraction of sp³-hybridized carbons (Fsp3) is 0.333. The Kier molecular flexibility index (Phi) is 6.58. The summed E-state index contributed by atoms with van der Waals surface area (Å²) in [6, 6.07) is 6.91. The molecule has 33 heavy (non-hydrogen) atoms. The van der Waals surface area contributed by atoms with E-state index in [1.807, 2.05) is 19.1 Å². The number of ether oxygens (including phenoxy) is 1. The standard InChI is InChI=1S/C24H26N6O3/c1-15-12-26-19(14-25-15)24(32)30-11-7-6-9-20(30)22-27-13-17(16(2)28-22)23(31)29-18-8-4-5-10-21(18)33-3/h4-5,8,10,12-14,20H,6-7,9,11H2,1-3H3,(H,29,31). The first-order chi connectivity index (χ1) is 16.0. The Morgan fingerprint density at radius 3 is 2.61 bits per heavy atom. The van der Waals surface area contributed by atoms with Gasteiger partial charge in [0.05, 0.1) is 42.0 Å². The predicted molar refractivity (Wildman–Crippen MR) is 122 cm³/mol. The number of likely N-dealkylation sites (tertiary alicyclic amines) is 1. The largest absolute Gasteiger partial charge is 0.495 e. The van der Waals surface area contributed by atoms with Crippen molar-refractivity contribution in [1.29, 1.82) is 0 Å². The van der Waals surface area contributed by atoms with Crippen molar-refractivity contribution >= 4 is 17.5 Å². The molecule has 0 spiro atoms. The maximum atomic E-state index is 13.1. The van der Waals surface area contributed by atoms with Crippen molar-refractivity contribution in [3.8, 4) is 5.75 Å². The van der Waals surface area contributed by atoms with E-state index in [1.165, 1.54) is 12.4 Å². The van der Waals surface area contributed by atoms with Gasteiger partial charge in [-0.3, -0.25) is 14.6 Å². The highest BCUT2D eigenvalue weighted by atomic mass is 16.5. The zero-order chi connectivity index (χ0) is 23.4. The van der Waals surface area contributed by atoms with Gasteiger partial charge >= 0.3 is 0 Å². The Morgan fingerprint density at radius 2 is 1.88 bits per heavy atom. The summed E-state index contributed by atoms with van der Waals surface area (Å²) in [5, 5.41) is 2.85. The number of anilines is 1. The maximum absolute atomic E-state index is 13.1. The zero-order valence-electron chi connectivity index (χ0n) is 18.9. The molecule has 1 aromatic carbocycles. The molecule has 1 aliphatic rings. The highest BCUT2D eigenvalue weighted by Crippen LogP contribution is 2.30. The fourth-order valence-electron chi connectivity index (χ4n) is 3.90. The molecule has 0 radical (unpaired) electrons. The van der Waals surface area contributed by atoms with Gasteiger partial charge in [0, 0.05) is 18.9 Å². The van der Waals surface area contributed by atoms with Crippen molar-refractivity contribution in [2.24, 2.45) is 0 Å². The van der Waals surface area contributed by atoms with Crippen molar-refractivity contribution in [2.45, 2.75) is 39.2 Å². The van der Waals surface area contributed by atoms with Crippen LogP contribution in [0.2, 0.25) is 0 Å². The van der Waals surface area contributed by atoms with E-state index in [9.17, 15) is 9.59 Å². The molecule has 1 aliphatic heterocycles. The number of hydrogen-bond acceptors (Lipinski definition) is 7. The second-order valence-corrected chi connectivity index (χ2v) is 7.93. The third kappa shape index (κ3) is 4.82. The molecule has 9 heteroatoms. The van der Waals surface area contributed by atoms with E-state index in [4.69, 9.17) is 4.74 Å². The Hall–Kier alpha value is -3.88. The Bertz CT molecular complexity index is 1170. The number of aromatic nitrogens is 4. The molecule has 1 unspecified atom stereocenters. The first-order valence-corrected chi connectivity index (χ1v) is 10.9. The molecule has 1 atom stereocenters. The van der Waals surface area contributed by atoms with Crippen molar-refractivity contribution in [3.63, 3.8) is 0 Å². The fourth-order valence-corrected chi connectivity index (χ4v) is 3.90. The van der Waals surface area contributed by atoms with Gasteiger partial charge in [-0.2, -0.15) is 0 Å². The van der Waals surface area contributed by atoms with Crippen LogP contribution < -0.4 is 10.1 Å². The van der Waals surface area contributed by atoms with E-state index in [2.05, 4.69) is 25.3 Å². The molecule has 1 saturated heterocycles. The number of nitrogens with zero attached hydrogens (tertiary/aromatic N) is 5. The number of methoxy groups -OCH3 is 1. The minimum atomic E-state index is -0.324. The van der Waals surface area contributed by atoms with Crippen LogP contribution in [0.5, 0.6) is 5.75 Å². The average molecular weight is 447 g/mol. The van der Waals surface area contributed by atoms with Crippen LogP contribution in [0, 0.1) is 13.8 Å². The number of aryl methyl sites for hydroxylation is 2. The topological polar surface area (TPSA) is 110 Å². The summed E-state index contributed by atoms with van der Waals surface area (Å²) in [6.07, 6.45) is 7.22. The summed E-state index contributed by atoms with van der Waals surface area (Å²) < 4.78 is 5.29. The molecule has 1 fully saturated rings. The van der Waals surface area contributed by atoms with Gasteiger partial charge in [0.2, 0.25) is 0 Å². The maximum Gasteiger partial charge on any atom is 0.274 e. The molecule has 2 aromatic heterocycles. The molecule has 0 aliphatic carbocycles. The molecular formula is C24H26N6O3. The normalized spacial score (nSPS) is 15.7. The summed E-state index contributed by atoms with van der Waals surface area (Å²) in [5.41, 5.74) is 2.53. The van der Waals surface area contributed by atoms with Crippen LogP contribution in [0.15, 0.2) is 42.9 Å². The van der Waals surface area contributed by atoms with Crippen LogP contribution in [-0.4, -0.2) is 50.3 Å². The number of hydrogen-bond donors (Lipinski definition) is 1. The first kappa shape index (κ1) is 22.3. The highest BCUT2D eigenvalue weighted by molar-refractivity contribution is 6.05. The number of nitrogens with one attached hydrogen (secondary N) is 1. The number of rotatable bonds is 5. The van der Waals surface area contributed by atoms with Crippen LogP contribution in [0.1, 0.15) is 63.4 Å². The minimum Gasteiger partial charge on any atom is -0.495 e. The van der Waals surface area contributed by atoms with Gasteiger partial charge in [-0.05, 0) is 45.2 Å². The van der Waals surface area contributed by atoms with Crippen molar-refractivity contribution in [1.82, 2.24) is 24.8 Å². The third-order valence-corrected chi connectivity index (χ3v) is 5.66. The Balaban J connectivity index is 1.56. The summed E-state index contributed by atoms with van der Waals surface area (Å²) in [7, 11) is 1.55. The molecule has 1 N–H and O–H groups in total. The lowest BCUT2D eigenvalue weighted by molar-refractivity contribution is 0.0592. The molecule has 170 valence electrons. The molecule has 0 bridgehead atoms. The van der Waals surface area contributed by atoms with Gasteiger partial charge in [-0.15, -0.1) is 0 Å². The number of amides is 2. The number of piperidine rings is 1. The van der Waals surface area contributed by atoms with E-state index in [0.29, 0.717) is 40.8 Å². The van der Waals surface area contributed by atoms with Crippen molar-refractivity contribution < 1.29 is 14.3 Å². The number of para-hydroxylation sites is 2. The molecule has 0 saturated carbocycles. The predicted octanol–water partition coefficient (Wildman–Crippen LogP) is 3.51. The SMILES string of the molecule is COc1ccccc1NC(=O)c1cnc(C2CCCCN2C(=O)c2cnc(C)cn2)nc1C. The lowest BCUT2D eigenvalue weighted by atomic mass is 10.0. The van der Waals surface area contributed by atoms with Crippen LogP contribution in [0.25, 0.3) is 0 Å². The molecule has 2 amide bonds. The summed E-state index contributed by atoms with van der Waals surface area (Å²) in [6.45, 7) is 4.19. The molecular weight excluding hydrogens is 420 g/mol. The Labute approximate surface area is 192 Å². The molecule has 3 aromatic rings. The third-order valence-electron chi connectivity index (χ3n) is 5.66. The van der Waals surface area contributed by atoms with E-state index in [-0.39, 0.29) is 17.9 Å². The first-order valence-electron chi connectivity index (χ1n) is 10.9. The van der Waals surface area contributed by atoms with Gasteiger partial charge in [0.1, 0.15) is 11.4 Å². The monoisotopic (exact) mass is 446 g/mol. The van der Waals surface area contributed by atoms with Gasteiger partial charge in [-0.1, -0.05) is 12.1 Å². The van der Waals surface area contributed by atoms with Gasteiger partial charge in [0.15, 0.2) is 5.82 Å². The lowest BCUT2D eigenvalue weighted by Crippen LogP contribution is -2.39. The van der Waals surface area contributed by atoms with E-state index in [1.54, 1.807) is 37.3 Å². The van der Waals surface area contributed by atoms with Crippen LogP contribution in [0.3, 0.4) is 0 Å². The van der Waals surface area contributed by atoms with Gasteiger partial charge in [-0.25, -0.2) is 15.0 Å². The number of carbonyl (C=O) groups excluding carboxylic acids is 2. The second kappa shape index (κ2) is 9.72. The zero-order valence-corrected chi connectivity index (χ0v) is 18.9. The average Bonchev–Trinajstić information content (AvgIpc) is 2.84. The quantitative estimate of drug-likeness (QED) is 0.638. The summed E-state index contributed by atoms with van der Waals surface area (Å²) >= 11 is 0. The lowest BCUT2D eigenvalue weighted by Gasteiger charge is -2.34. The van der Waals surface area contributed by atoms with Gasteiger partial charge in [0.25, 0.3) is 11.8 Å². The smallest absolute Gasteiger partial charge is 0.274 e. The van der Waals surface area contributed by atoms with Crippen LogP contribution in [0.4, 0.5) is 5.69 Å². The molecule has 4 rings (SSSR count). The number of benzene rings is 1. The second-order valence-electron chi connectivity index (χ2n) is 7.93. The molecule has 9 nitrogen and oxygen atoms in total. The van der Waals surface area contributed by atoms with Gasteiger partial charge < -0.3 is 15.0 Å². The summed E-state index contributed by atoms with van der Waals surface area (Å²) in [4.78, 5) is 45.2. The van der Waals surface area contributed by atoms with E-state index >= 15 is 0 Å². The molecule has 3 heterocycles.